The highest BCUT2D eigenvalue weighted by Crippen LogP contribution is 2.39. The summed E-state index contributed by atoms with van der Waals surface area (Å²) in [6.45, 7) is 0.790. The van der Waals surface area contributed by atoms with E-state index in [0.29, 0.717) is 24.3 Å². The lowest BCUT2D eigenvalue weighted by atomic mass is 9.86. The predicted molar refractivity (Wildman–Crippen MR) is 100 cm³/mol. The molecule has 2 aromatic heterocycles. The molecule has 1 aliphatic heterocycles. The molecule has 3 aromatic rings. The van der Waals surface area contributed by atoms with Crippen LogP contribution in [-0.2, 0) is 12.1 Å². The van der Waals surface area contributed by atoms with E-state index in [1.54, 1.807) is 18.2 Å². The molecule has 150 valence electrons. The second kappa shape index (κ2) is 7.07. The molecule has 1 fully saturated rings. The minimum absolute atomic E-state index is 0.0268. The molecule has 0 unspecified atom stereocenters. The molecular formula is C21H18F4N4. The van der Waals surface area contributed by atoms with E-state index < -0.39 is 18.3 Å². The monoisotopic (exact) mass is 402 g/mol. The van der Waals surface area contributed by atoms with Gasteiger partial charge in [0.1, 0.15) is 17.3 Å². The molecule has 1 aromatic carbocycles. The van der Waals surface area contributed by atoms with Gasteiger partial charge in [-0.2, -0.15) is 18.4 Å². The topological polar surface area (TPSA) is 44.3 Å². The number of halogens is 4. The quantitative estimate of drug-likeness (QED) is 0.593. The van der Waals surface area contributed by atoms with Crippen LogP contribution in [0, 0.1) is 11.3 Å². The zero-order chi connectivity index (χ0) is 20.6. The SMILES string of the molecule is N#Cc1c(N2CCC(F)(c3ccccc3)CC2)ccn2c(CC(F)(F)F)cnc12. The number of alkyl halides is 4. The molecule has 8 heteroatoms. The van der Waals surface area contributed by atoms with E-state index in [0.717, 1.165) is 6.20 Å². The van der Waals surface area contributed by atoms with Crippen molar-refractivity contribution in [3.05, 3.63) is 65.6 Å². The average Bonchev–Trinajstić information content (AvgIpc) is 3.10. The first-order chi connectivity index (χ1) is 13.8. The number of imidazole rings is 1. The summed E-state index contributed by atoms with van der Waals surface area (Å²) in [5.41, 5.74) is 0.138. The summed E-state index contributed by atoms with van der Waals surface area (Å²) in [4.78, 5) is 5.95. The van der Waals surface area contributed by atoms with Gasteiger partial charge in [-0.05, 0) is 11.6 Å². The lowest BCUT2D eigenvalue weighted by Crippen LogP contribution is -2.40. The number of aromatic nitrogens is 2. The zero-order valence-corrected chi connectivity index (χ0v) is 15.5. The minimum atomic E-state index is -4.36. The second-order valence-electron chi connectivity index (χ2n) is 7.24. The second-order valence-corrected chi connectivity index (χ2v) is 7.24. The maximum absolute atomic E-state index is 15.4. The van der Waals surface area contributed by atoms with Gasteiger partial charge in [0.15, 0.2) is 5.65 Å². The zero-order valence-electron chi connectivity index (χ0n) is 15.5. The number of anilines is 1. The first kappa shape index (κ1) is 19.2. The fraction of sp³-hybridized carbons (Fsp3) is 0.333. The molecule has 0 saturated carbocycles. The molecule has 0 aliphatic carbocycles. The maximum atomic E-state index is 15.4. The van der Waals surface area contributed by atoms with Gasteiger partial charge in [0.05, 0.1) is 17.8 Å². The Morgan fingerprint density at radius 1 is 1.10 bits per heavy atom. The normalized spacial score (nSPS) is 16.7. The Bertz CT molecular complexity index is 1060. The highest BCUT2D eigenvalue weighted by Gasteiger charge is 2.37. The van der Waals surface area contributed by atoms with Crippen LogP contribution in [0.5, 0.6) is 0 Å². The maximum Gasteiger partial charge on any atom is 0.394 e. The summed E-state index contributed by atoms with van der Waals surface area (Å²) in [6.07, 6.45) is -2.32. The van der Waals surface area contributed by atoms with E-state index in [9.17, 15) is 18.4 Å². The summed E-state index contributed by atoms with van der Waals surface area (Å²) in [6, 6.07) is 12.7. The van der Waals surface area contributed by atoms with Crippen LogP contribution in [0.1, 0.15) is 29.7 Å². The summed E-state index contributed by atoms with van der Waals surface area (Å²) >= 11 is 0. The van der Waals surface area contributed by atoms with Crippen molar-refractivity contribution in [2.75, 3.05) is 18.0 Å². The van der Waals surface area contributed by atoms with Gasteiger partial charge in [0.25, 0.3) is 0 Å². The molecule has 4 rings (SSSR count). The molecule has 0 atom stereocenters. The third-order valence-electron chi connectivity index (χ3n) is 5.42. The van der Waals surface area contributed by atoms with Crippen molar-refractivity contribution in [1.82, 2.24) is 9.38 Å². The third kappa shape index (κ3) is 3.65. The highest BCUT2D eigenvalue weighted by atomic mass is 19.4. The van der Waals surface area contributed by atoms with Gasteiger partial charge in [0.2, 0.25) is 0 Å². The van der Waals surface area contributed by atoms with Gasteiger partial charge >= 0.3 is 6.18 Å². The Morgan fingerprint density at radius 3 is 2.41 bits per heavy atom. The number of piperidine rings is 1. The molecule has 0 spiro atoms. The molecule has 3 heterocycles. The van der Waals surface area contributed by atoms with Crippen molar-refractivity contribution in [2.24, 2.45) is 0 Å². The highest BCUT2D eigenvalue weighted by molar-refractivity contribution is 5.71. The van der Waals surface area contributed by atoms with Crippen LogP contribution < -0.4 is 4.90 Å². The number of pyridine rings is 1. The van der Waals surface area contributed by atoms with Crippen molar-refractivity contribution in [2.45, 2.75) is 31.1 Å². The lowest BCUT2D eigenvalue weighted by molar-refractivity contribution is -0.127. The van der Waals surface area contributed by atoms with Gasteiger partial charge in [-0.15, -0.1) is 0 Å². The summed E-state index contributed by atoms with van der Waals surface area (Å²) < 4.78 is 55.0. The van der Waals surface area contributed by atoms with Crippen molar-refractivity contribution in [3.8, 4) is 6.07 Å². The number of hydrogen-bond donors (Lipinski definition) is 0. The fourth-order valence-corrected chi connectivity index (χ4v) is 3.93. The van der Waals surface area contributed by atoms with Crippen LogP contribution in [0.4, 0.5) is 23.2 Å². The Morgan fingerprint density at radius 2 is 1.79 bits per heavy atom. The smallest absolute Gasteiger partial charge is 0.370 e. The first-order valence-corrected chi connectivity index (χ1v) is 9.26. The van der Waals surface area contributed by atoms with Crippen LogP contribution in [-0.4, -0.2) is 28.7 Å². The standard InChI is InChI=1S/C21H18F4N4/c22-20(15-4-2-1-3-5-15)7-10-28(11-8-20)18-6-9-29-16(12-21(23,24)25)14-27-19(29)17(18)13-26/h1-6,9,14H,7-8,10-12H2. The Balaban J connectivity index is 1.61. The number of rotatable bonds is 3. The Kier molecular flexibility index (Phi) is 4.69. The van der Waals surface area contributed by atoms with Gasteiger partial charge in [-0.1, -0.05) is 30.3 Å². The van der Waals surface area contributed by atoms with Gasteiger partial charge < -0.3 is 9.30 Å². The van der Waals surface area contributed by atoms with Gasteiger partial charge in [-0.3, -0.25) is 0 Å². The Labute approximate surface area is 165 Å². The largest absolute Gasteiger partial charge is 0.394 e. The third-order valence-corrected chi connectivity index (χ3v) is 5.42. The van der Waals surface area contributed by atoms with E-state index in [1.807, 2.05) is 23.1 Å². The summed E-state index contributed by atoms with van der Waals surface area (Å²) in [5, 5.41) is 9.64. The summed E-state index contributed by atoms with van der Waals surface area (Å²) in [5.74, 6) is 0. The molecule has 1 saturated heterocycles. The number of nitrogens with zero attached hydrogens (tertiary/aromatic N) is 4. The molecule has 0 N–H and O–H groups in total. The number of fused-ring (bicyclic) bond motifs is 1. The van der Waals surface area contributed by atoms with Gasteiger partial charge in [0, 0.05) is 38.3 Å². The van der Waals surface area contributed by atoms with Gasteiger partial charge in [-0.25, -0.2) is 9.37 Å². The first-order valence-electron chi connectivity index (χ1n) is 9.26. The molecule has 0 amide bonds. The predicted octanol–water partition coefficient (Wildman–Crippen LogP) is 4.78. The molecule has 4 nitrogen and oxygen atoms in total. The van der Waals surface area contributed by atoms with E-state index in [2.05, 4.69) is 11.1 Å². The molecule has 1 aliphatic rings. The van der Waals surface area contributed by atoms with E-state index in [-0.39, 0.29) is 29.7 Å². The van der Waals surface area contributed by atoms with Crippen LogP contribution in [0.3, 0.4) is 0 Å². The number of hydrogen-bond acceptors (Lipinski definition) is 3. The minimum Gasteiger partial charge on any atom is -0.370 e. The van der Waals surface area contributed by atoms with Crippen molar-refractivity contribution in [1.29, 1.82) is 5.26 Å². The van der Waals surface area contributed by atoms with E-state index in [4.69, 9.17) is 0 Å². The molecule has 0 radical (unpaired) electrons. The lowest BCUT2D eigenvalue weighted by Gasteiger charge is -2.38. The van der Waals surface area contributed by atoms with Crippen LogP contribution in [0.25, 0.3) is 5.65 Å². The average molecular weight is 402 g/mol. The van der Waals surface area contributed by atoms with Crippen LogP contribution >= 0.6 is 0 Å². The van der Waals surface area contributed by atoms with Crippen LogP contribution in [0.2, 0.25) is 0 Å². The van der Waals surface area contributed by atoms with Crippen LogP contribution in [0.15, 0.2) is 48.8 Å². The fourth-order valence-electron chi connectivity index (χ4n) is 3.93. The Hall–Kier alpha value is -3.08. The molecular weight excluding hydrogens is 384 g/mol. The number of benzene rings is 1. The number of nitriles is 1. The van der Waals surface area contributed by atoms with Crippen molar-refractivity contribution in [3.63, 3.8) is 0 Å². The van der Waals surface area contributed by atoms with Crippen molar-refractivity contribution < 1.29 is 17.6 Å². The van der Waals surface area contributed by atoms with E-state index in [1.165, 1.54) is 10.6 Å². The molecule has 29 heavy (non-hydrogen) atoms. The summed E-state index contributed by atoms with van der Waals surface area (Å²) in [7, 11) is 0. The van der Waals surface area contributed by atoms with E-state index >= 15 is 4.39 Å². The molecule has 0 bridgehead atoms. The van der Waals surface area contributed by atoms with Crippen molar-refractivity contribution >= 4 is 11.3 Å².